The molecule has 0 atom stereocenters. The van der Waals surface area contributed by atoms with Crippen molar-refractivity contribution < 1.29 is 18.2 Å². The van der Waals surface area contributed by atoms with E-state index in [1.807, 2.05) is 0 Å². The Hall–Kier alpha value is -0.338. The van der Waals surface area contributed by atoms with Crippen LogP contribution in [0.3, 0.4) is 0 Å². The van der Waals surface area contributed by atoms with Gasteiger partial charge in [-0.2, -0.15) is 0 Å². The third-order valence-corrected chi connectivity index (χ3v) is 0.175. The minimum absolute atomic E-state index is 0.833. The molecule has 0 saturated carbocycles. The second-order valence-electron chi connectivity index (χ2n) is 0.658. The van der Waals surface area contributed by atoms with Crippen LogP contribution in [0.15, 0.2) is 12.7 Å². The molecule has 0 unspecified atom stereocenters. The van der Waals surface area contributed by atoms with Crippen LogP contribution < -0.4 is 0 Å². The zero-order chi connectivity index (χ0) is 6.99. The van der Waals surface area contributed by atoms with Gasteiger partial charge in [0.2, 0.25) is 0 Å². The van der Waals surface area contributed by atoms with Crippen molar-refractivity contribution in [2.24, 2.45) is 0 Å². The molecule has 0 aromatic carbocycles. The van der Waals surface area contributed by atoms with E-state index in [1.165, 1.54) is 0 Å². The number of aliphatic carboxylic acids is 1. The Morgan fingerprint density at radius 3 is 1.75 bits per heavy atom. The predicted octanol–water partition coefficient (Wildman–Crippen LogP) is -1.24. The van der Waals surface area contributed by atoms with Gasteiger partial charge in [0.25, 0.3) is 0 Å². The maximum Gasteiger partial charge on any atom is 0.662 e. The molecule has 0 amide bonds. The molecule has 0 bridgehead atoms. The smallest absolute Gasteiger partial charge is 0.499 e. The monoisotopic (exact) mass is 133 g/mol. The van der Waals surface area contributed by atoms with E-state index in [9.17, 15) is 4.79 Å². The second-order valence-corrected chi connectivity index (χ2v) is 0.889. The summed E-state index contributed by atoms with van der Waals surface area (Å²) in [6.07, 6.45) is 0.833. The standard InChI is InChI=1S/C3H4O2.Al.2H2O/c1-2-3(4)5;;;/h2H,1H2,(H,4,5);;2*1H2/q;+2;;/p-2. The minimum atomic E-state index is -1.25. The molecule has 0 spiro atoms. The van der Waals surface area contributed by atoms with Crippen molar-refractivity contribution in [3.8, 4) is 0 Å². The molecule has 8 heavy (non-hydrogen) atoms. The minimum Gasteiger partial charge on any atom is -0.499 e. The molecular weight excluding hydrogens is 127 g/mol. The molecule has 0 aromatic heterocycles. The summed E-state index contributed by atoms with van der Waals surface area (Å²) < 4.78 is 14.4. The van der Waals surface area contributed by atoms with Crippen LogP contribution in [0.5, 0.6) is 0 Å². The van der Waals surface area contributed by atoms with E-state index in [0.717, 1.165) is 6.08 Å². The Morgan fingerprint density at radius 1 is 1.62 bits per heavy atom. The van der Waals surface area contributed by atoms with Crippen molar-refractivity contribution >= 4 is 21.9 Å². The van der Waals surface area contributed by atoms with E-state index in [0.29, 0.717) is 0 Å². The van der Waals surface area contributed by atoms with Gasteiger partial charge in [-0.3, -0.25) is 0 Å². The Labute approximate surface area is 53.5 Å². The first-order chi connectivity index (χ1) is 3.68. The lowest BCUT2D eigenvalue weighted by atomic mass is 10.7. The number of carbonyl (C=O) groups is 1. The van der Waals surface area contributed by atoms with Crippen molar-refractivity contribution in [2.75, 3.05) is 0 Å². The van der Waals surface area contributed by atoms with Gasteiger partial charge in [-0.1, -0.05) is 6.58 Å². The molecule has 0 aliphatic carbocycles. The largest absolute Gasteiger partial charge is 0.662 e. The number of rotatable bonds is 1. The number of hydrogen-bond acceptors (Lipinski definition) is 3. The van der Waals surface area contributed by atoms with E-state index in [1.54, 1.807) is 0 Å². The zero-order valence-corrected chi connectivity index (χ0v) is 5.27. The van der Waals surface area contributed by atoms with Gasteiger partial charge < -0.3 is 13.4 Å². The fraction of sp³-hybridized carbons (Fsp3) is 0. The van der Waals surface area contributed by atoms with Gasteiger partial charge in [-0.25, -0.2) is 4.79 Å². The van der Waals surface area contributed by atoms with E-state index >= 15 is 0 Å². The molecule has 0 aliphatic rings. The zero-order valence-electron chi connectivity index (χ0n) is 4.11. The van der Waals surface area contributed by atoms with Crippen molar-refractivity contribution in [1.82, 2.24) is 0 Å². The highest BCUT2D eigenvalue weighted by molar-refractivity contribution is 6.13. The van der Waals surface area contributed by atoms with E-state index in [-0.39, 0.29) is 0 Å². The van der Waals surface area contributed by atoms with Gasteiger partial charge >= 0.3 is 21.9 Å². The summed E-state index contributed by atoms with van der Waals surface area (Å²) in [5.74, 6) is -0.981. The highest BCUT2D eigenvalue weighted by atomic mass is 27.2. The molecule has 0 fully saturated rings. The van der Waals surface area contributed by atoms with Crippen LogP contribution in [0.4, 0.5) is 0 Å². The quantitative estimate of drug-likeness (QED) is 0.309. The van der Waals surface area contributed by atoms with Crippen molar-refractivity contribution in [3.63, 3.8) is 0 Å². The number of carboxylic acid groups (broad SMARTS) is 1. The normalized spacial score (nSPS) is 5.75. The van der Waals surface area contributed by atoms with Gasteiger partial charge in [0.05, 0.1) is 0 Å². The summed E-state index contributed by atoms with van der Waals surface area (Å²) in [6, 6.07) is 0. The van der Waals surface area contributed by atoms with E-state index < -0.39 is 21.9 Å². The first-order valence-electron chi connectivity index (χ1n) is 1.64. The lowest BCUT2D eigenvalue weighted by molar-refractivity contribution is -0.131. The van der Waals surface area contributed by atoms with Gasteiger partial charge in [-0.05, 0) is 0 Å². The van der Waals surface area contributed by atoms with Crippen LogP contribution in [0.1, 0.15) is 0 Å². The summed E-state index contributed by atoms with van der Waals surface area (Å²) >= 11 is -1.25. The topological polar surface area (TPSA) is 77.8 Å². The maximum absolute atomic E-state index is 9.25. The molecule has 1 radical (unpaired) electrons. The molecule has 0 saturated heterocycles. The first-order valence-corrected chi connectivity index (χ1v) is 2.67. The summed E-state index contributed by atoms with van der Waals surface area (Å²) in [6.45, 7) is 2.96. The Balaban J connectivity index is 0. The molecule has 0 heterocycles. The third kappa shape index (κ3) is 44.5. The Kier molecular flexibility index (Phi) is 13.0. The van der Waals surface area contributed by atoms with Crippen LogP contribution in [-0.4, -0.2) is 35.3 Å². The van der Waals surface area contributed by atoms with Crippen molar-refractivity contribution in [2.45, 2.75) is 0 Å². The lowest BCUT2D eigenvalue weighted by Gasteiger charge is -1.64. The second kappa shape index (κ2) is 9.83. The lowest BCUT2D eigenvalue weighted by Crippen LogP contribution is -1.82. The summed E-state index contributed by atoms with van der Waals surface area (Å²) in [5.41, 5.74) is 0. The van der Waals surface area contributed by atoms with Gasteiger partial charge in [0, 0.05) is 6.08 Å². The third-order valence-electron chi connectivity index (χ3n) is 0.175. The summed E-state index contributed by atoms with van der Waals surface area (Å²) in [5, 5.41) is 7.60. The van der Waals surface area contributed by atoms with E-state index in [4.69, 9.17) is 13.4 Å². The van der Waals surface area contributed by atoms with Crippen LogP contribution in [0.2, 0.25) is 0 Å². The maximum atomic E-state index is 9.25. The van der Waals surface area contributed by atoms with Crippen molar-refractivity contribution in [3.05, 3.63) is 12.7 Å². The number of carboxylic acids is 1. The summed E-state index contributed by atoms with van der Waals surface area (Å²) in [7, 11) is 0. The van der Waals surface area contributed by atoms with Crippen LogP contribution >= 0.6 is 0 Å². The molecule has 3 N–H and O–H groups in total. The molecule has 4 nitrogen and oxygen atoms in total. The molecular formula is C3H6AlO4. The van der Waals surface area contributed by atoms with Gasteiger partial charge in [0.15, 0.2) is 0 Å². The molecule has 0 aliphatic heterocycles. The number of hydrogen-bond donors (Lipinski definition) is 3. The van der Waals surface area contributed by atoms with Crippen LogP contribution in [0, 0.1) is 0 Å². The molecule has 5 heteroatoms. The fourth-order valence-corrected chi connectivity index (χ4v) is 0. The Morgan fingerprint density at radius 2 is 1.75 bits per heavy atom. The van der Waals surface area contributed by atoms with Crippen molar-refractivity contribution in [1.29, 1.82) is 0 Å². The highest BCUT2D eigenvalue weighted by Crippen LogP contribution is 1.54. The molecule has 0 rings (SSSR count). The highest BCUT2D eigenvalue weighted by Gasteiger charge is 1.73. The van der Waals surface area contributed by atoms with Crippen LogP contribution in [-0.2, 0) is 4.79 Å². The predicted molar refractivity (Wildman–Crippen MR) is 28.0 cm³/mol. The average Bonchev–Trinajstić information content (AvgIpc) is 1.69. The van der Waals surface area contributed by atoms with Gasteiger partial charge in [-0.15, -0.1) is 0 Å². The average molecular weight is 133 g/mol. The molecule has 0 aromatic rings. The van der Waals surface area contributed by atoms with E-state index in [2.05, 4.69) is 6.58 Å². The van der Waals surface area contributed by atoms with Crippen LogP contribution in [0.25, 0.3) is 0 Å². The summed E-state index contributed by atoms with van der Waals surface area (Å²) in [4.78, 5) is 9.25. The van der Waals surface area contributed by atoms with Gasteiger partial charge in [0.1, 0.15) is 0 Å². The SMILES string of the molecule is C=CC(=O)O.[OH][Al][OH]. The molecule has 45 valence electrons. The first kappa shape index (κ1) is 10.6. The Bertz CT molecular complexity index is 71.7. The fourth-order valence-electron chi connectivity index (χ4n) is 0.